The lowest BCUT2D eigenvalue weighted by Crippen LogP contribution is -2.27. The molecule has 0 aromatic heterocycles. The van der Waals surface area contributed by atoms with Gasteiger partial charge >= 0.3 is 5.97 Å². The van der Waals surface area contributed by atoms with Crippen LogP contribution in [-0.2, 0) is 14.3 Å². The van der Waals surface area contributed by atoms with Gasteiger partial charge in [0.05, 0.1) is 13.2 Å². The van der Waals surface area contributed by atoms with Crippen molar-refractivity contribution in [1.29, 1.82) is 0 Å². The highest BCUT2D eigenvalue weighted by Gasteiger charge is 2.13. The highest BCUT2D eigenvalue weighted by Crippen LogP contribution is 2.11. The van der Waals surface area contributed by atoms with Crippen molar-refractivity contribution in [3.63, 3.8) is 0 Å². The van der Waals surface area contributed by atoms with Crippen LogP contribution in [0.15, 0.2) is 36.5 Å². The maximum Gasteiger partial charge on any atom is 0.306 e. The Bertz CT molecular complexity index is 625. The molecule has 0 heterocycles. The number of ether oxygens (including phenoxy) is 2. The van der Waals surface area contributed by atoms with Crippen LogP contribution < -0.4 is 0 Å². The van der Waals surface area contributed by atoms with Crippen molar-refractivity contribution in [2.45, 2.75) is 180 Å². The van der Waals surface area contributed by atoms with Crippen molar-refractivity contribution < 1.29 is 19.4 Å². The first kappa shape index (κ1) is 40.6. The van der Waals surface area contributed by atoms with Gasteiger partial charge in [0.2, 0.25) is 0 Å². The molecule has 0 bridgehead atoms. The predicted octanol–water partition coefficient (Wildman–Crippen LogP) is 11.4. The number of carbonyl (C=O) groups excluding carboxylic acids is 1. The van der Waals surface area contributed by atoms with E-state index in [0.717, 1.165) is 38.5 Å². The molecule has 4 heteroatoms. The molecule has 1 unspecified atom stereocenters. The fraction of sp³-hybridized carbons (Fsp3) is 0.816. The smallest absolute Gasteiger partial charge is 0.306 e. The standard InChI is InChI=1S/C38H70O4/c1-3-5-7-9-11-13-15-17-19-21-23-25-27-29-31-33-38(40)42-37(35-39)36-41-34-32-30-28-26-24-22-20-18-16-14-12-10-8-6-4-2/h11,13,16-19,37,39H,3-10,12,14-15,20-36H2,1-2H3/b13-11-,18-16-,19-17-. The summed E-state index contributed by atoms with van der Waals surface area (Å²) in [6, 6.07) is 0. The molecule has 4 nitrogen and oxygen atoms in total. The summed E-state index contributed by atoms with van der Waals surface area (Å²) in [4.78, 5) is 12.1. The van der Waals surface area contributed by atoms with Gasteiger partial charge in [0.25, 0.3) is 0 Å². The number of unbranched alkanes of at least 4 members (excludes halogenated alkanes) is 19. The minimum atomic E-state index is -0.542. The molecule has 1 N–H and O–H groups in total. The van der Waals surface area contributed by atoms with Crippen molar-refractivity contribution in [2.75, 3.05) is 19.8 Å². The number of esters is 1. The molecule has 0 fully saturated rings. The summed E-state index contributed by atoms with van der Waals surface area (Å²) >= 11 is 0. The molecule has 0 aliphatic heterocycles. The van der Waals surface area contributed by atoms with E-state index < -0.39 is 6.10 Å². The van der Waals surface area contributed by atoms with Crippen LogP contribution in [0.4, 0.5) is 0 Å². The van der Waals surface area contributed by atoms with E-state index in [0.29, 0.717) is 13.0 Å². The van der Waals surface area contributed by atoms with Crippen LogP contribution in [-0.4, -0.2) is 37.0 Å². The Hall–Kier alpha value is -1.39. The van der Waals surface area contributed by atoms with Crippen LogP contribution in [0, 0.1) is 0 Å². The normalized spacial score (nSPS) is 12.7. The fourth-order valence-electron chi connectivity index (χ4n) is 4.94. The van der Waals surface area contributed by atoms with Gasteiger partial charge in [-0.05, 0) is 70.6 Å². The molecule has 0 rings (SSSR count). The van der Waals surface area contributed by atoms with Crippen LogP contribution in [0.1, 0.15) is 174 Å². The zero-order chi connectivity index (χ0) is 30.6. The molecule has 0 saturated heterocycles. The zero-order valence-electron chi connectivity index (χ0n) is 28.0. The molecular formula is C38H70O4. The summed E-state index contributed by atoms with van der Waals surface area (Å²) in [7, 11) is 0. The van der Waals surface area contributed by atoms with Gasteiger partial charge in [-0.3, -0.25) is 4.79 Å². The second-order valence-electron chi connectivity index (χ2n) is 11.9. The Morgan fingerprint density at radius 1 is 0.571 bits per heavy atom. The molecule has 246 valence electrons. The number of hydrogen-bond donors (Lipinski definition) is 1. The van der Waals surface area contributed by atoms with Gasteiger partial charge in [-0.15, -0.1) is 0 Å². The van der Waals surface area contributed by atoms with E-state index in [-0.39, 0.29) is 19.2 Å². The topological polar surface area (TPSA) is 55.8 Å². The lowest BCUT2D eigenvalue weighted by Gasteiger charge is -2.15. The first-order valence-electron chi connectivity index (χ1n) is 18.1. The predicted molar refractivity (Wildman–Crippen MR) is 182 cm³/mol. The van der Waals surface area contributed by atoms with Gasteiger partial charge in [0.15, 0.2) is 0 Å². The number of allylic oxidation sites excluding steroid dienone is 6. The molecule has 0 aromatic carbocycles. The highest BCUT2D eigenvalue weighted by atomic mass is 16.6. The SMILES string of the molecule is CCCCC/C=C\C/C=C\CCCCCCCC(=O)OC(CO)COCCCCCCCC/C=C\CCCCCCC. The maximum absolute atomic E-state index is 12.1. The van der Waals surface area contributed by atoms with E-state index >= 15 is 0 Å². The molecule has 42 heavy (non-hydrogen) atoms. The number of carbonyl (C=O) groups is 1. The molecule has 1 atom stereocenters. The molecule has 0 spiro atoms. The van der Waals surface area contributed by atoms with Gasteiger partial charge in [0.1, 0.15) is 6.10 Å². The van der Waals surface area contributed by atoms with Crippen LogP contribution in [0.25, 0.3) is 0 Å². The summed E-state index contributed by atoms with van der Waals surface area (Å²) in [5.74, 6) is -0.217. The summed E-state index contributed by atoms with van der Waals surface area (Å²) < 4.78 is 11.1. The third-order valence-corrected chi connectivity index (χ3v) is 7.69. The first-order valence-corrected chi connectivity index (χ1v) is 18.1. The highest BCUT2D eigenvalue weighted by molar-refractivity contribution is 5.69. The van der Waals surface area contributed by atoms with Crippen LogP contribution in [0.2, 0.25) is 0 Å². The molecule has 0 saturated carbocycles. The summed E-state index contributed by atoms with van der Waals surface area (Å²) in [6.45, 7) is 5.28. The maximum atomic E-state index is 12.1. The third kappa shape index (κ3) is 33.1. The molecule has 0 aliphatic rings. The monoisotopic (exact) mass is 591 g/mol. The van der Waals surface area contributed by atoms with Crippen molar-refractivity contribution in [1.82, 2.24) is 0 Å². The number of rotatable bonds is 33. The average molecular weight is 591 g/mol. The second-order valence-corrected chi connectivity index (χ2v) is 11.9. The second kappa shape index (κ2) is 35.8. The molecule has 0 aromatic rings. The van der Waals surface area contributed by atoms with E-state index in [1.54, 1.807) is 0 Å². The van der Waals surface area contributed by atoms with E-state index in [9.17, 15) is 9.90 Å². The summed E-state index contributed by atoms with van der Waals surface area (Å²) in [5.41, 5.74) is 0. The number of aliphatic hydroxyl groups is 1. The van der Waals surface area contributed by atoms with Crippen LogP contribution >= 0.6 is 0 Å². The van der Waals surface area contributed by atoms with E-state index in [2.05, 4.69) is 50.3 Å². The van der Waals surface area contributed by atoms with Crippen molar-refractivity contribution in [2.24, 2.45) is 0 Å². The molecular weight excluding hydrogens is 520 g/mol. The first-order chi connectivity index (χ1) is 20.7. The van der Waals surface area contributed by atoms with E-state index in [1.807, 2.05) is 0 Å². The van der Waals surface area contributed by atoms with Crippen molar-refractivity contribution in [3.05, 3.63) is 36.5 Å². The summed E-state index contributed by atoms with van der Waals surface area (Å²) in [5, 5.41) is 9.54. The minimum Gasteiger partial charge on any atom is -0.457 e. The molecule has 0 aliphatic carbocycles. The number of hydrogen-bond acceptors (Lipinski definition) is 4. The lowest BCUT2D eigenvalue weighted by atomic mass is 10.1. The Balaban J connectivity index is 3.48. The van der Waals surface area contributed by atoms with E-state index in [4.69, 9.17) is 9.47 Å². The largest absolute Gasteiger partial charge is 0.457 e. The van der Waals surface area contributed by atoms with Gasteiger partial charge in [0, 0.05) is 13.0 Å². The zero-order valence-corrected chi connectivity index (χ0v) is 28.0. The van der Waals surface area contributed by atoms with Gasteiger partial charge < -0.3 is 14.6 Å². The number of aliphatic hydroxyl groups excluding tert-OH is 1. The van der Waals surface area contributed by atoms with Gasteiger partial charge in [-0.2, -0.15) is 0 Å². The Kier molecular flexibility index (Phi) is 34.6. The Morgan fingerprint density at radius 3 is 1.55 bits per heavy atom. The Morgan fingerprint density at radius 2 is 1.00 bits per heavy atom. The third-order valence-electron chi connectivity index (χ3n) is 7.69. The minimum absolute atomic E-state index is 0.179. The van der Waals surface area contributed by atoms with Gasteiger partial charge in [-0.1, -0.05) is 134 Å². The molecule has 0 amide bonds. The van der Waals surface area contributed by atoms with Crippen molar-refractivity contribution in [3.8, 4) is 0 Å². The lowest BCUT2D eigenvalue weighted by molar-refractivity contribution is -0.154. The average Bonchev–Trinajstić information content (AvgIpc) is 3.00. The van der Waals surface area contributed by atoms with Crippen molar-refractivity contribution >= 4 is 5.97 Å². The Labute approximate surface area is 261 Å². The quantitative estimate of drug-likeness (QED) is 0.0469. The summed E-state index contributed by atoms with van der Waals surface area (Å²) in [6.07, 6.45) is 43.2. The molecule has 0 radical (unpaired) electrons. The van der Waals surface area contributed by atoms with Gasteiger partial charge in [-0.25, -0.2) is 0 Å². The van der Waals surface area contributed by atoms with Crippen LogP contribution in [0.5, 0.6) is 0 Å². The van der Waals surface area contributed by atoms with E-state index in [1.165, 1.54) is 116 Å². The van der Waals surface area contributed by atoms with Crippen LogP contribution in [0.3, 0.4) is 0 Å². The fourth-order valence-corrected chi connectivity index (χ4v) is 4.94.